The number of ether oxygens (including phenoxy) is 1. The standard InChI is InChI=1S/C20H26N2O5/c1-15(23)17(12-16-8-4-2-5-9-16)21-18(24)14-27-20(26)13-22-11-7-3-6-10-19(22)25/h2,4-5,8-9,17H,3,6-7,10-14H2,1H3,(H,21,24)/t17-/m0/s1. The molecule has 1 fully saturated rings. The summed E-state index contributed by atoms with van der Waals surface area (Å²) in [6.07, 6.45) is 3.47. The van der Waals surface area contributed by atoms with Gasteiger partial charge >= 0.3 is 5.97 Å². The van der Waals surface area contributed by atoms with E-state index >= 15 is 0 Å². The molecule has 1 aromatic carbocycles. The number of likely N-dealkylation sites (tertiary alicyclic amines) is 1. The van der Waals surface area contributed by atoms with Crippen molar-refractivity contribution in [1.82, 2.24) is 10.2 Å². The second-order valence-electron chi connectivity index (χ2n) is 6.71. The highest BCUT2D eigenvalue weighted by atomic mass is 16.5. The fraction of sp³-hybridized carbons (Fsp3) is 0.500. The van der Waals surface area contributed by atoms with Crippen LogP contribution in [0.1, 0.15) is 38.2 Å². The van der Waals surface area contributed by atoms with Crippen LogP contribution in [-0.4, -0.2) is 54.2 Å². The van der Waals surface area contributed by atoms with Gasteiger partial charge in [-0.15, -0.1) is 0 Å². The van der Waals surface area contributed by atoms with Crippen LogP contribution in [0.5, 0.6) is 0 Å². The predicted molar refractivity (Wildman–Crippen MR) is 98.8 cm³/mol. The van der Waals surface area contributed by atoms with Crippen LogP contribution in [0.25, 0.3) is 0 Å². The molecule has 1 aliphatic rings. The summed E-state index contributed by atoms with van der Waals surface area (Å²) in [7, 11) is 0. The first-order chi connectivity index (χ1) is 13.0. The third-order valence-corrected chi connectivity index (χ3v) is 4.46. The third-order valence-electron chi connectivity index (χ3n) is 4.46. The number of nitrogens with zero attached hydrogens (tertiary/aromatic N) is 1. The molecule has 146 valence electrons. The molecule has 2 amide bonds. The molecule has 27 heavy (non-hydrogen) atoms. The summed E-state index contributed by atoms with van der Waals surface area (Å²) in [6.45, 7) is 1.32. The van der Waals surface area contributed by atoms with E-state index in [1.54, 1.807) is 0 Å². The summed E-state index contributed by atoms with van der Waals surface area (Å²) in [4.78, 5) is 49.1. The fourth-order valence-electron chi connectivity index (χ4n) is 2.94. The van der Waals surface area contributed by atoms with Gasteiger partial charge < -0.3 is 15.0 Å². The third kappa shape index (κ3) is 7.21. The molecule has 1 N–H and O–H groups in total. The van der Waals surface area contributed by atoms with Crippen molar-refractivity contribution in [2.24, 2.45) is 0 Å². The molecule has 0 radical (unpaired) electrons. The van der Waals surface area contributed by atoms with Gasteiger partial charge in [-0.25, -0.2) is 0 Å². The highest BCUT2D eigenvalue weighted by Crippen LogP contribution is 2.11. The maximum atomic E-state index is 12.0. The second kappa shape index (κ2) is 10.4. The van der Waals surface area contributed by atoms with E-state index in [9.17, 15) is 19.2 Å². The zero-order valence-corrected chi connectivity index (χ0v) is 15.6. The van der Waals surface area contributed by atoms with Gasteiger partial charge in [0.05, 0.1) is 6.04 Å². The van der Waals surface area contributed by atoms with Gasteiger partial charge in [-0.05, 0) is 31.7 Å². The van der Waals surface area contributed by atoms with Crippen LogP contribution in [0.4, 0.5) is 0 Å². The van der Waals surface area contributed by atoms with E-state index < -0.39 is 24.5 Å². The Morgan fingerprint density at radius 2 is 1.89 bits per heavy atom. The molecule has 1 heterocycles. The zero-order valence-electron chi connectivity index (χ0n) is 15.6. The Kier molecular flexibility index (Phi) is 7.98. The Hall–Kier alpha value is -2.70. The largest absolute Gasteiger partial charge is 0.454 e. The lowest BCUT2D eigenvalue weighted by molar-refractivity contribution is -0.152. The maximum absolute atomic E-state index is 12.0. The molecule has 2 rings (SSSR count). The Labute approximate surface area is 159 Å². The molecule has 1 atom stereocenters. The Morgan fingerprint density at radius 3 is 2.59 bits per heavy atom. The molecule has 0 spiro atoms. The lowest BCUT2D eigenvalue weighted by atomic mass is 10.0. The quantitative estimate of drug-likeness (QED) is 0.691. The van der Waals surface area contributed by atoms with Crippen molar-refractivity contribution < 1.29 is 23.9 Å². The van der Waals surface area contributed by atoms with Crippen LogP contribution in [0.3, 0.4) is 0 Å². The number of carbonyl (C=O) groups excluding carboxylic acids is 4. The molecule has 7 heteroatoms. The topological polar surface area (TPSA) is 92.8 Å². The van der Waals surface area contributed by atoms with Gasteiger partial charge in [0.25, 0.3) is 5.91 Å². The molecule has 1 aliphatic heterocycles. The number of ketones is 1. The molecule has 0 unspecified atom stereocenters. The van der Waals surface area contributed by atoms with Gasteiger partial charge in [0.1, 0.15) is 6.54 Å². The smallest absolute Gasteiger partial charge is 0.326 e. The van der Waals surface area contributed by atoms with Crippen molar-refractivity contribution in [2.45, 2.75) is 45.1 Å². The van der Waals surface area contributed by atoms with E-state index in [1.165, 1.54) is 11.8 Å². The van der Waals surface area contributed by atoms with Gasteiger partial charge in [0.2, 0.25) is 5.91 Å². The lowest BCUT2D eigenvalue weighted by Crippen LogP contribution is -2.44. The molecular formula is C20H26N2O5. The molecular weight excluding hydrogens is 348 g/mol. The van der Waals surface area contributed by atoms with E-state index in [0.717, 1.165) is 24.8 Å². The number of Topliss-reactive ketones (excluding diaryl/α,β-unsaturated/α-hetero) is 1. The minimum absolute atomic E-state index is 0.0617. The number of hydrogen-bond donors (Lipinski definition) is 1. The Balaban J connectivity index is 1.78. The molecule has 1 saturated heterocycles. The lowest BCUT2D eigenvalue weighted by Gasteiger charge is -2.19. The van der Waals surface area contributed by atoms with Gasteiger partial charge in [-0.2, -0.15) is 0 Å². The number of carbonyl (C=O) groups is 4. The van der Waals surface area contributed by atoms with Crippen LogP contribution in [0, 0.1) is 0 Å². The Bertz CT molecular complexity index is 674. The predicted octanol–water partition coefficient (Wildman–Crippen LogP) is 1.25. The van der Waals surface area contributed by atoms with Gasteiger partial charge in [-0.3, -0.25) is 19.2 Å². The van der Waals surface area contributed by atoms with Crippen molar-refractivity contribution in [2.75, 3.05) is 19.7 Å². The van der Waals surface area contributed by atoms with Crippen LogP contribution in [0.15, 0.2) is 30.3 Å². The molecule has 0 aromatic heterocycles. The van der Waals surface area contributed by atoms with Crippen molar-refractivity contribution in [3.8, 4) is 0 Å². The molecule has 0 aliphatic carbocycles. The fourth-order valence-corrected chi connectivity index (χ4v) is 2.94. The molecule has 0 saturated carbocycles. The summed E-state index contributed by atoms with van der Waals surface area (Å²) < 4.78 is 4.97. The van der Waals surface area contributed by atoms with Crippen molar-refractivity contribution in [3.63, 3.8) is 0 Å². The number of rotatable bonds is 8. The van der Waals surface area contributed by atoms with E-state index in [1.807, 2.05) is 30.3 Å². The van der Waals surface area contributed by atoms with Crippen LogP contribution < -0.4 is 5.32 Å². The minimum atomic E-state index is -0.675. The van der Waals surface area contributed by atoms with Crippen LogP contribution >= 0.6 is 0 Å². The summed E-state index contributed by atoms with van der Waals surface area (Å²) >= 11 is 0. The molecule has 7 nitrogen and oxygen atoms in total. The zero-order chi connectivity index (χ0) is 19.6. The van der Waals surface area contributed by atoms with Crippen LogP contribution in [-0.2, 0) is 30.3 Å². The normalized spacial score (nSPS) is 15.6. The van der Waals surface area contributed by atoms with E-state index in [0.29, 0.717) is 19.4 Å². The first-order valence-electron chi connectivity index (χ1n) is 9.23. The first kappa shape index (κ1) is 20.6. The highest BCUT2D eigenvalue weighted by Gasteiger charge is 2.22. The highest BCUT2D eigenvalue weighted by molar-refractivity contribution is 5.89. The number of benzene rings is 1. The van der Waals surface area contributed by atoms with E-state index in [2.05, 4.69) is 5.32 Å². The summed E-state index contributed by atoms with van der Waals surface area (Å²) in [5.41, 5.74) is 0.926. The van der Waals surface area contributed by atoms with E-state index in [4.69, 9.17) is 4.74 Å². The average molecular weight is 374 g/mol. The first-order valence-corrected chi connectivity index (χ1v) is 9.23. The number of nitrogens with one attached hydrogen (secondary N) is 1. The summed E-state index contributed by atoms with van der Waals surface area (Å²) in [5, 5.41) is 2.60. The van der Waals surface area contributed by atoms with Crippen molar-refractivity contribution in [3.05, 3.63) is 35.9 Å². The minimum Gasteiger partial charge on any atom is -0.454 e. The van der Waals surface area contributed by atoms with Crippen molar-refractivity contribution >= 4 is 23.6 Å². The molecule has 1 aromatic rings. The number of esters is 1. The Morgan fingerprint density at radius 1 is 1.15 bits per heavy atom. The average Bonchev–Trinajstić information content (AvgIpc) is 2.85. The summed E-state index contributed by atoms with van der Waals surface area (Å²) in [5.74, 6) is -1.40. The SMILES string of the molecule is CC(=O)[C@H](Cc1ccccc1)NC(=O)COC(=O)CN1CCCCCC1=O. The monoisotopic (exact) mass is 374 g/mol. The van der Waals surface area contributed by atoms with Crippen LogP contribution in [0.2, 0.25) is 0 Å². The number of amides is 2. The van der Waals surface area contributed by atoms with Crippen molar-refractivity contribution in [1.29, 1.82) is 0 Å². The number of hydrogen-bond acceptors (Lipinski definition) is 5. The van der Waals surface area contributed by atoms with E-state index in [-0.39, 0.29) is 18.2 Å². The van der Waals surface area contributed by atoms with Gasteiger partial charge in [-0.1, -0.05) is 36.8 Å². The van der Waals surface area contributed by atoms with Gasteiger partial charge in [0.15, 0.2) is 12.4 Å². The second-order valence-corrected chi connectivity index (χ2v) is 6.71. The maximum Gasteiger partial charge on any atom is 0.326 e. The summed E-state index contributed by atoms with van der Waals surface area (Å²) in [6, 6.07) is 8.67. The van der Waals surface area contributed by atoms with Gasteiger partial charge in [0, 0.05) is 13.0 Å². The molecule has 0 bridgehead atoms.